The Hall–Kier alpha value is -7.42. The third-order valence-electron chi connectivity index (χ3n) is 10.8. The SMILES string of the molecule is c1ccc(-c2ccc(N(c3ccc(N(c4ccc5ccccc5c4)c4cc5ccccc5cc4-c4ccccc4)cc3)c3ccc4ccccc4c3)cc2)cc1. The summed E-state index contributed by atoms with van der Waals surface area (Å²) in [6.45, 7) is 0. The number of nitrogens with zero attached hydrogens (tertiary/aromatic N) is 2. The Bertz CT molecular complexity index is 2950. The van der Waals surface area contributed by atoms with E-state index in [9.17, 15) is 0 Å². The molecule has 0 unspecified atom stereocenters. The number of benzene rings is 10. The van der Waals surface area contributed by atoms with Gasteiger partial charge in [0.25, 0.3) is 0 Å². The zero-order valence-electron chi connectivity index (χ0n) is 30.8. The first kappa shape index (κ1) is 33.2. The van der Waals surface area contributed by atoms with Crippen molar-refractivity contribution in [3.8, 4) is 22.3 Å². The Morgan fingerprint density at radius 2 is 0.571 bits per heavy atom. The van der Waals surface area contributed by atoms with Gasteiger partial charge in [0.15, 0.2) is 0 Å². The first-order valence-electron chi connectivity index (χ1n) is 19.2. The third kappa shape index (κ3) is 6.34. The maximum atomic E-state index is 2.42. The van der Waals surface area contributed by atoms with E-state index in [1.165, 1.54) is 54.6 Å². The summed E-state index contributed by atoms with van der Waals surface area (Å²) < 4.78 is 0. The van der Waals surface area contributed by atoms with Crippen LogP contribution in [0.25, 0.3) is 54.6 Å². The Labute approximate surface area is 327 Å². The molecule has 0 spiro atoms. The lowest BCUT2D eigenvalue weighted by Crippen LogP contribution is -2.13. The van der Waals surface area contributed by atoms with Crippen LogP contribution in [0.3, 0.4) is 0 Å². The van der Waals surface area contributed by atoms with E-state index in [0.717, 1.165) is 34.1 Å². The summed E-state index contributed by atoms with van der Waals surface area (Å²) in [4.78, 5) is 4.77. The van der Waals surface area contributed by atoms with Crippen LogP contribution in [0.1, 0.15) is 0 Å². The Morgan fingerprint density at radius 3 is 1.11 bits per heavy atom. The van der Waals surface area contributed by atoms with Crippen molar-refractivity contribution < 1.29 is 0 Å². The molecule has 10 aromatic carbocycles. The van der Waals surface area contributed by atoms with E-state index in [4.69, 9.17) is 0 Å². The van der Waals surface area contributed by atoms with Crippen LogP contribution in [0, 0.1) is 0 Å². The van der Waals surface area contributed by atoms with E-state index in [2.05, 4.69) is 240 Å². The minimum Gasteiger partial charge on any atom is -0.310 e. The molecule has 0 saturated carbocycles. The van der Waals surface area contributed by atoms with Gasteiger partial charge in [-0.2, -0.15) is 0 Å². The summed E-state index contributed by atoms with van der Waals surface area (Å²) in [5.74, 6) is 0. The van der Waals surface area contributed by atoms with E-state index in [0.29, 0.717) is 0 Å². The van der Waals surface area contributed by atoms with E-state index in [1.54, 1.807) is 0 Å². The highest BCUT2D eigenvalue weighted by Gasteiger charge is 2.20. The fraction of sp³-hybridized carbons (Fsp3) is 0. The molecule has 0 fully saturated rings. The number of hydrogen-bond acceptors (Lipinski definition) is 2. The van der Waals surface area contributed by atoms with E-state index in [-0.39, 0.29) is 0 Å². The minimum absolute atomic E-state index is 1.08. The van der Waals surface area contributed by atoms with E-state index in [1.807, 2.05) is 0 Å². The highest BCUT2D eigenvalue weighted by atomic mass is 15.2. The first-order valence-corrected chi connectivity index (χ1v) is 19.2. The van der Waals surface area contributed by atoms with Gasteiger partial charge in [0.2, 0.25) is 0 Å². The molecular weight excluding hydrogens is 677 g/mol. The highest BCUT2D eigenvalue weighted by Crippen LogP contribution is 2.45. The molecular formula is C54H38N2. The lowest BCUT2D eigenvalue weighted by Gasteiger charge is -2.30. The van der Waals surface area contributed by atoms with Gasteiger partial charge in [-0.3, -0.25) is 0 Å². The molecule has 2 nitrogen and oxygen atoms in total. The van der Waals surface area contributed by atoms with E-state index >= 15 is 0 Å². The molecule has 0 heterocycles. The smallest absolute Gasteiger partial charge is 0.0546 e. The van der Waals surface area contributed by atoms with Gasteiger partial charge in [0.05, 0.1) is 5.69 Å². The molecule has 264 valence electrons. The molecule has 0 aliphatic heterocycles. The molecule has 10 rings (SSSR count). The average molecular weight is 715 g/mol. The molecule has 0 radical (unpaired) electrons. The van der Waals surface area contributed by atoms with Crippen molar-refractivity contribution in [3.05, 3.63) is 231 Å². The van der Waals surface area contributed by atoms with Crippen LogP contribution in [-0.2, 0) is 0 Å². The van der Waals surface area contributed by atoms with Crippen molar-refractivity contribution in [2.75, 3.05) is 9.80 Å². The van der Waals surface area contributed by atoms with Crippen molar-refractivity contribution in [2.24, 2.45) is 0 Å². The molecule has 0 N–H and O–H groups in total. The van der Waals surface area contributed by atoms with Crippen LogP contribution in [-0.4, -0.2) is 0 Å². The summed E-state index contributed by atoms with van der Waals surface area (Å²) in [5.41, 5.74) is 11.3. The van der Waals surface area contributed by atoms with Gasteiger partial charge < -0.3 is 9.80 Å². The van der Waals surface area contributed by atoms with Crippen molar-refractivity contribution >= 4 is 66.4 Å². The summed E-state index contributed by atoms with van der Waals surface area (Å²) in [7, 11) is 0. The fourth-order valence-electron chi connectivity index (χ4n) is 7.95. The Balaban J connectivity index is 1.14. The van der Waals surface area contributed by atoms with Gasteiger partial charge in [0, 0.05) is 34.0 Å². The van der Waals surface area contributed by atoms with Crippen molar-refractivity contribution in [1.29, 1.82) is 0 Å². The summed E-state index contributed by atoms with van der Waals surface area (Å²) in [5, 5.41) is 7.27. The van der Waals surface area contributed by atoms with Crippen molar-refractivity contribution in [1.82, 2.24) is 0 Å². The van der Waals surface area contributed by atoms with Crippen LogP contribution in [0.5, 0.6) is 0 Å². The lowest BCUT2D eigenvalue weighted by molar-refractivity contribution is 1.26. The second kappa shape index (κ2) is 14.4. The second-order valence-corrected chi connectivity index (χ2v) is 14.2. The van der Waals surface area contributed by atoms with Gasteiger partial charge in [0.1, 0.15) is 0 Å². The maximum Gasteiger partial charge on any atom is 0.0546 e. The fourth-order valence-corrected chi connectivity index (χ4v) is 7.95. The monoisotopic (exact) mass is 714 g/mol. The summed E-state index contributed by atoms with van der Waals surface area (Å²) >= 11 is 0. The standard InChI is InChI=1S/C54H38N2/c1-3-13-39(14-4-1)42-23-27-48(28-24-42)55(51-29-25-40-15-7-9-19-44(40)35-51)49-31-33-50(34-32-49)56(52-30-26-41-16-8-10-20-45(41)36-52)54-38-47-22-12-11-21-46(47)37-53(54)43-17-5-2-6-18-43/h1-38H. The molecule has 56 heavy (non-hydrogen) atoms. The van der Waals surface area contributed by atoms with Crippen LogP contribution in [0.4, 0.5) is 34.1 Å². The largest absolute Gasteiger partial charge is 0.310 e. The van der Waals surface area contributed by atoms with Crippen LogP contribution in [0.15, 0.2) is 231 Å². The van der Waals surface area contributed by atoms with Gasteiger partial charge in [-0.25, -0.2) is 0 Å². The minimum atomic E-state index is 1.08. The van der Waals surface area contributed by atoms with Crippen LogP contribution in [0.2, 0.25) is 0 Å². The van der Waals surface area contributed by atoms with Gasteiger partial charge in [-0.15, -0.1) is 0 Å². The van der Waals surface area contributed by atoms with Gasteiger partial charge in [-0.05, 0) is 122 Å². The molecule has 2 heteroatoms. The van der Waals surface area contributed by atoms with Crippen molar-refractivity contribution in [3.63, 3.8) is 0 Å². The molecule has 0 atom stereocenters. The van der Waals surface area contributed by atoms with Crippen LogP contribution < -0.4 is 9.80 Å². The van der Waals surface area contributed by atoms with Gasteiger partial charge >= 0.3 is 0 Å². The molecule has 0 aliphatic rings. The zero-order valence-corrected chi connectivity index (χ0v) is 30.8. The lowest BCUT2D eigenvalue weighted by atomic mass is 9.97. The predicted octanol–water partition coefficient (Wildman–Crippen LogP) is 15.4. The predicted molar refractivity (Wildman–Crippen MR) is 239 cm³/mol. The second-order valence-electron chi connectivity index (χ2n) is 14.2. The number of hydrogen-bond donors (Lipinski definition) is 0. The molecule has 0 saturated heterocycles. The average Bonchev–Trinajstić information content (AvgIpc) is 3.27. The van der Waals surface area contributed by atoms with E-state index < -0.39 is 0 Å². The number of fused-ring (bicyclic) bond motifs is 3. The number of anilines is 6. The maximum absolute atomic E-state index is 2.42. The normalized spacial score (nSPS) is 11.2. The molecule has 0 bridgehead atoms. The summed E-state index contributed by atoms with van der Waals surface area (Å²) in [6, 6.07) is 83.3. The first-order chi connectivity index (χ1) is 27.7. The highest BCUT2D eigenvalue weighted by molar-refractivity contribution is 6.00. The topological polar surface area (TPSA) is 6.48 Å². The Morgan fingerprint density at radius 1 is 0.214 bits per heavy atom. The molecule has 10 aromatic rings. The van der Waals surface area contributed by atoms with Gasteiger partial charge in [-0.1, -0.05) is 158 Å². The molecule has 0 amide bonds. The quantitative estimate of drug-likeness (QED) is 0.155. The van der Waals surface area contributed by atoms with Crippen molar-refractivity contribution in [2.45, 2.75) is 0 Å². The third-order valence-corrected chi connectivity index (χ3v) is 10.8. The number of rotatable bonds is 8. The molecule has 0 aliphatic carbocycles. The zero-order chi connectivity index (χ0) is 37.3. The summed E-state index contributed by atoms with van der Waals surface area (Å²) in [6.07, 6.45) is 0. The van der Waals surface area contributed by atoms with Crippen LogP contribution >= 0.6 is 0 Å². The Kier molecular flexibility index (Phi) is 8.55. The molecule has 0 aromatic heterocycles.